The number of hydrogen-bond donors (Lipinski definition) is 0. The number of aromatic nitrogens is 3. The predicted molar refractivity (Wildman–Crippen MR) is 113 cm³/mol. The minimum Gasteiger partial charge on any atom is -0.377 e. The minimum absolute atomic E-state index is 0.0244. The topological polar surface area (TPSA) is 49.1 Å². The van der Waals surface area contributed by atoms with Crippen molar-refractivity contribution in [2.45, 2.75) is 58.1 Å². The molecule has 0 aliphatic heterocycles. The van der Waals surface area contributed by atoms with E-state index in [-0.39, 0.29) is 30.4 Å². The van der Waals surface area contributed by atoms with Gasteiger partial charge in [0, 0.05) is 44.2 Å². The Morgan fingerprint density at radius 1 is 1.27 bits per heavy atom. The van der Waals surface area contributed by atoms with Gasteiger partial charge in [-0.2, -0.15) is 0 Å². The third-order valence-corrected chi connectivity index (χ3v) is 5.82. The molecule has 3 aromatic rings. The standard InChI is InChI=1S/C23H27F2N3O2/c1-5-30-15(3)12-28-20-9-16(17-8-14(2)22(29)27(4)13-17)6-7-19(20)26-21(28)18-10-23(24,25)11-18/h6-9,13,15,18H,5,10-12H2,1-4H3/t15-/m1/s1. The largest absolute Gasteiger partial charge is 0.377 e. The molecule has 0 spiro atoms. The van der Waals surface area contributed by atoms with Crippen molar-refractivity contribution >= 4 is 11.0 Å². The maximum atomic E-state index is 13.5. The zero-order valence-electron chi connectivity index (χ0n) is 17.8. The molecule has 0 bridgehead atoms. The smallest absolute Gasteiger partial charge is 0.253 e. The van der Waals surface area contributed by atoms with Gasteiger partial charge in [-0.05, 0) is 50.1 Å². The summed E-state index contributed by atoms with van der Waals surface area (Å²) in [4.78, 5) is 16.8. The molecule has 2 heterocycles. The van der Waals surface area contributed by atoms with Crippen molar-refractivity contribution in [1.82, 2.24) is 14.1 Å². The lowest BCUT2D eigenvalue weighted by atomic mass is 9.80. The number of hydrogen-bond acceptors (Lipinski definition) is 3. The molecule has 0 saturated heterocycles. The van der Waals surface area contributed by atoms with Crippen LogP contribution in [0.25, 0.3) is 22.2 Å². The van der Waals surface area contributed by atoms with Gasteiger partial charge in [-0.1, -0.05) is 6.07 Å². The van der Waals surface area contributed by atoms with Crippen molar-refractivity contribution < 1.29 is 13.5 Å². The first-order valence-corrected chi connectivity index (χ1v) is 10.4. The summed E-state index contributed by atoms with van der Waals surface area (Å²) in [5, 5.41) is 0. The van der Waals surface area contributed by atoms with E-state index in [1.807, 2.05) is 48.9 Å². The maximum absolute atomic E-state index is 13.5. The van der Waals surface area contributed by atoms with E-state index in [2.05, 4.69) is 0 Å². The van der Waals surface area contributed by atoms with Gasteiger partial charge in [0.1, 0.15) is 5.82 Å². The highest BCUT2D eigenvalue weighted by Crippen LogP contribution is 2.48. The Morgan fingerprint density at radius 2 is 2.00 bits per heavy atom. The molecule has 1 aromatic carbocycles. The van der Waals surface area contributed by atoms with Crippen LogP contribution in [0.1, 0.15) is 44.0 Å². The molecule has 30 heavy (non-hydrogen) atoms. The number of imidazole rings is 1. The monoisotopic (exact) mass is 415 g/mol. The van der Waals surface area contributed by atoms with Crippen molar-refractivity contribution in [3.63, 3.8) is 0 Å². The molecule has 4 rings (SSSR count). The molecule has 5 nitrogen and oxygen atoms in total. The normalized spacial score (nSPS) is 17.3. The summed E-state index contributed by atoms with van der Waals surface area (Å²) in [5.41, 5.74) is 4.22. The second kappa shape index (κ2) is 7.61. The first kappa shape index (κ1) is 20.7. The summed E-state index contributed by atoms with van der Waals surface area (Å²) in [6.07, 6.45) is 1.43. The molecule has 0 unspecified atom stereocenters. The first-order valence-electron chi connectivity index (χ1n) is 10.4. The van der Waals surface area contributed by atoms with E-state index in [9.17, 15) is 13.6 Å². The molecular formula is C23H27F2N3O2. The van der Waals surface area contributed by atoms with E-state index in [0.717, 1.165) is 22.2 Å². The number of nitrogens with zero attached hydrogens (tertiary/aromatic N) is 3. The zero-order chi connectivity index (χ0) is 21.6. The van der Waals surface area contributed by atoms with Crippen LogP contribution in [0.2, 0.25) is 0 Å². The SMILES string of the molecule is CCO[C@H](C)Cn1c(C2CC(F)(F)C2)nc2ccc(-c3cc(C)c(=O)n(C)c3)cc21. The lowest BCUT2D eigenvalue weighted by Crippen LogP contribution is -2.35. The quantitative estimate of drug-likeness (QED) is 0.589. The zero-order valence-corrected chi connectivity index (χ0v) is 17.8. The number of alkyl halides is 2. The van der Waals surface area contributed by atoms with E-state index < -0.39 is 5.92 Å². The van der Waals surface area contributed by atoms with Gasteiger partial charge in [-0.3, -0.25) is 4.79 Å². The van der Waals surface area contributed by atoms with E-state index in [1.165, 1.54) is 0 Å². The van der Waals surface area contributed by atoms with Gasteiger partial charge in [0.05, 0.1) is 23.7 Å². The van der Waals surface area contributed by atoms with E-state index in [4.69, 9.17) is 9.72 Å². The van der Waals surface area contributed by atoms with Crippen LogP contribution in [-0.4, -0.2) is 32.8 Å². The molecule has 2 aromatic heterocycles. The average Bonchev–Trinajstić information content (AvgIpc) is 3.01. The molecule has 1 atom stereocenters. The van der Waals surface area contributed by atoms with Crippen LogP contribution in [0.4, 0.5) is 8.78 Å². The van der Waals surface area contributed by atoms with E-state index in [1.54, 1.807) is 18.5 Å². The van der Waals surface area contributed by atoms with Crippen LogP contribution < -0.4 is 5.56 Å². The molecule has 1 fully saturated rings. The summed E-state index contributed by atoms with van der Waals surface area (Å²) in [6, 6.07) is 7.79. The fraction of sp³-hybridized carbons (Fsp3) is 0.478. The summed E-state index contributed by atoms with van der Waals surface area (Å²) >= 11 is 0. The van der Waals surface area contributed by atoms with Crippen LogP contribution in [-0.2, 0) is 18.3 Å². The van der Waals surface area contributed by atoms with Crippen molar-refractivity contribution in [1.29, 1.82) is 0 Å². The molecule has 0 radical (unpaired) electrons. The Labute approximate surface area is 174 Å². The second-order valence-corrected chi connectivity index (χ2v) is 8.34. The van der Waals surface area contributed by atoms with Gasteiger partial charge >= 0.3 is 0 Å². The lowest BCUT2D eigenvalue weighted by Gasteiger charge is -2.34. The van der Waals surface area contributed by atoms with Gasteiger partial charge in [0.15, 0.2) is 0 Å². The Morgan fingerprint density at radius 3 is 2.63 bits per heavy atom. The minimum atomic E-state index is -2.60. The summed E-state index contributed by atoms with van der Waals surface area (Å²) < 4.78 is 36.4. The summed E-state index contributed by atoms with van der Waals surface area (Å²) in [5.74, 6) is -2.14. The summed E-state index contributed by atoms with van der Waals surface area (Å²) in [7, 11) is 1.74. The molecule has 1 aliphatic rings. The highest BCUT2D eigenvalue weighted by molar-refractivity contribution is 5.83. The molecule has 0 amide bonds. The van der Waals surface area contributed by atoms with Gasteiger partial charge in [0.2, 0.25) is 5.92 Å². The Hall–Kier alpha value is -2.54. The van der Waals surface area contributed by atoms with Crippen molar-refractivity contribution in [3.05, 3.63) is 52.2 Å². The third-order valence-electron chi connectivity index (χ3n) is 5.82. The molecule has 7 heteroatoms. The van der Waals surface area contributed by atoms with E-state index in [0.29, 0.717) is 24.5 Å². The number of rotatable bonds is 6. The van der Waals surface area contributed by atoms with Gasteiger partial charge in [0.25, 0.3) is 5.56 Å². The Bertz CT molecular complexity index is 1120. The van der Waals surface area contributed by atoms with E-state index >= 15 is 0 Å². The van der Waals surface area contributed by atoms with Gasteiger partial charge < -0.3 is 13.9 Å². The van der Waals surface area contributed by atoms with Crippen LogP contribution in [0.15, 0.2) is 35.3 Å². The number of aryl methyl sites for hydroxylation is 2. The van der Waals surface area contributed by atoms with Crippen molar-refractivity contribution in [3.8, 4) is 11.1 Å². The lowest BCUT2D eigenvalue weighted by molar-refractivity contribution is -0.0892. The highest BCUT2D eigenvalue weighted by Gasteiger charge is 2.48. The number of fused-ring (bicyclic) bond motifs is 1. The second-order valence-electron chi connectivity index (χ2n) is 8.34. The van der Waals surface area contributed by atoms with Crippen LogP contribution >= 0.6 is 0 Å². The molecule has 1 saturated carbocycles. The third kappa shape index (κ3) is 3.78. The fourth-order valence-corrected chi connectivity index (χ4v) is 4.30. The van der Waals surface area contributed by atoms with Crippen LogP contribution in [0, 0.1) is 6.92 Å². The Balaban J connectivity index is 1.81. The van der Waals surface area contributed by atoms with Crippen LogP contribution in [0.3, 0.4) is 0 Å². The van der Waals surface area contributed by atoms with Crippen molar-refractivity contribution in [2.75, 3.05) is 6.61 Å². The van der Waals surface area contributed by atoms with Gasteiger partial charge in [-0.15, -0.1) is 0 Å². The number of ether oxygens (including phenoxy) is 1. The van der Waals surface area contributed by atoms with Crippen LogP contribution in [0.5, 0.6) is 0 Å². The molecule has 1 aliphatic carbocycles. The first-order chi connectivity index (χ1) is 14.2. The molecule has 0 N–H and O–H groups in total. The average molecular weight is 415 g/mol. The Kier molecular flexibility index (Phi) is 5.26. The summed E-state index contributed by atoms with van der Waals surface area (Å²) in [6.45, 7) is 6.86. The molecular weight excluding hydrogens is 388 g/mol. The number of benzene rings is 1. The number of pyridine rings is 1. The van der Waals surface area contributed by atoms with Gasteiger partial charge in [-0.25, -0.2) is 13.8 Å². The fourth-order valence-electron chi connectivity index (χ4n) is 4.30. The predicted octanol–water partition coefficient (Wildman–Crippen LogP) is 4.65. The maximum Gasteiger partial charge on any atom is 0.253 e. The number of halogens is 2. The highest BCUT2D eigenvalue weighted by atomic mass is 19.3. The van der Waals surface area contributed by atoms with Crippen molar-refractivity contribution in [2.24, 2.45) is 7.05 Å². The molecule has 160 valence electrons.